The predicted molar refractivity (Wildman–Crippen MR) is 106 cm³/mol. The first-order chi connectivity index (χ1) is 14.4. The number of ether oxygens (including phenoxy) is 1. The Morgan fingerprint density at radius 3 is 2.42 bits per heavy atom. The molecule has 1 aliphatic rings. The number of imide groups is 1. The second-order valence-electron chi connectivity index (χ2n) is 6.69. The van der Waals surface area contributed by atoms with Crippen LogP contribution in [-0.2, 0) is 15.1 Å². The minimum Gasteiger partial charge on any atom is -0.406 e. The maximum absolute atomic E-state index is 12.9. The van der Waals surface area contributed by atoms with E-state index in [1.807, 2.05) is 0 Å². The van der Waals surface area contributed by atoms with E-state index in [0.717, 1.165) is 12.1 Å². The summed E-state index contributed by atoms with van der Waals surface area (Å²) in [7, 11) is 0. The van der Waals surface area contributed by atoms with Crippen LogP contribution in [0.4, 0.5) is 23.7 Å². The summed E-state index contributed by atoms with van der Waals surface area (Å²) in [6.07, 6.45) is -4.86. The maximum Gasteiger partial charge on any atom is 0.573 e. The van der Waals surface area contributed by atoms with Crippen LogP contribution < -0.4 is 15.4 Å². The Labute approximate surface area is 184 Å². The number of alkyl halides is 3. The Balaban J connectivity index is 1.73. The van der Waals surface area contributed by atoms with Crippen LogP contribution in [0.3, 0.4) is 0 Å². The number of nitrogens with one attached hydrogen (secondary N) is 2. The first-order valence-electron chi connectivity index (χ1n) is 8.64. The summed E-state index contributed by atoms with van der Waals surface area (Å²) in [5, 5.41) is 5.44. The number of halogens is 5. The molecule has 0 saturated carbocycles. The normalized spacial score (nSPS) is 18.7. The van der Waals surface area contributed by atoms with Crippen molar-refractivity contribution in [1.29, 1.82) is 0 Å². The molecule has 1 aliphatic heterocycles. The zero-order valence-electron chi connectivity index (χ0n) is 15.7. The van der Waals surface area contributed by atoms with Crippen LogP contribution in [0, 0.1) is 0 Å². The summed E-state index contributed by atoms with van der Waals surface area (Å²) in [5.74, 6) is -1.94. The highest BCUT2D eigenvalue weighted by Gasteiger charge is 2.49. The van der Waals surface area contributed by atoms with Gasteiger partial charge in [0, 0.05) is 5.02 Å². The first-order valence-corrected chi connectivity index (χ1v) is 9.40. The van der Waals surface area contributed by atoms with Crippen LogP contribution in [0.1, 0.15) is 12.5 Å². The van der Waals surface area contributed by atoms with E-state index in [2.05, 4.69) is 15.4 Å². The SMILES string of the molecule is CC1(c2ccc(OC(F)(F)F)cc2)NC(=O)N(CC(=O)Nc2cc(Cl)ccc2Cl)C1=O. The summed E-state index contributed by atoms with van der Waals surface area (Å²) >= 11 is 11.8. The van der Waals surface area contributed by atoms with Gasteiger partial charge in [-0.25, -0.2) is 4.79 Å². The number of anilines is 1. The number of hydrogen-bond acceptors (Lipinski definition) is 4. The van der Waals surface area contributed by atoms with Gasteiger partial charge in [0.1, 0.15) is 17.8 Å². The molecule has 7 nitrogen and oxygen atoms in total. The quantitative estimate of drug-likeness (QED) is 0.631. The van der Waals surface area contributed by atoms with Crippen LogP contribution in [0.25, 0.3) is 0 Å². The van der Waals surface area contributed by atoms with Gasteiger partial charge in [-0.3, -0.25) is 14.5 Å². The molecule has 1 unspecified atom stereocenters. The molecule has 2 aromatic rings. The summed E-state index contributed by atoms with van der Waals surface area (Å²) in [6.45, 7) is 0.761. The van der Waals surface area contributed by atoms with E-state index in [-0.39, 0.29) is 16.3 Å². The lowest BCUT2D eigenvalue weighted by Gasteiger charge is -2.22. The number of hydrogen-bond donors (Lipinski definition) is 2. The summed E-state index contributed by atoms with van der Waals surface area (Å²) in [6, 6.07) is 8.03. The molecule has 12 heteroatoms. The van der Waals surface area contributed by atoms with Gasteiger partial charge in [-0.15, -0.1) is 13.2 Å². The Morgan fingerprint density at radius 2 is 1.81 bits per heavy atom. The molecule has 2 N–H and O–H groups in total. The fourth-order valence-electron chi connectivity index (χ4n) is 2.95. The lowest BCUT2D eigenvalue weighted by Crippen LogP contribution is -2.42. The summed E-state index contributed by atoms with van der Waals surface area (Å²) < 4.78 is 40.7. The monoisotopic (exact) mass is 475 g/mol. The Bertz CT molecular complexity index is 1050. The van der Waals surface area contributed by atoms with Crippen molar-refractivity contribution in [3.05, 3.63) is 58.1 Å². The molecular formula is C19H14Cl2F3N3O4. The van der Waals surface area contributed by atoms with E-state index in [4.69, 9.17) is 23.2 Å². The number of carbonyl (C=O) groups excluding carboxylic acids is 3. The van der Waals surface area contributed by atoms with E-state index >= 15 is 0 Å². The number of urea groups is 1. The van der Waals surface area contributed by atoms with Crippen LogP contribution in [0.2, 0.25) is 10.0 Å². The zero-order chi connectivity index (χ0) is 23.0. The van der Waals surface area contributed by atoms with Gasteiger partial charge in [0.15, 0.2) is 0 Å². The molecule has 0 radical (unpaired) electrons. The molecule has 1 fully saturated rings. The largest absolute Gasteiger partial charge is 0.573 e. The molecule has 1 heterocycles. The van der Waals surface area contributed by atoms with Crippen molar-refractivity contribution in [1.82, 2.24) is 10.2 Å². The molecule has 0 spiro atoms. The Kier molecular flexibility index (Phi) is 6.06. The van der Waals surface area contributed by atoms with Gasteiger partial charge in [0.05, 0.1) is 10.7 Å². The molecule has 4 amide bonds. The lowest BCUT2D eigenvalue weighted by atomic mass is 9.92. The van der Waals surface area contributed by atoms with Gasteiger partial charge in [-0.1, -0.05) is 35.3 Å². The number of nitrogens with zero attached hydrogens (tertiary/aromatic N) is 1. The standard InChI is InChI=1S/C19H14Cl2F3N3O4/c1-18(10-2-5-12(6-3-10)31-19(22,23)24)16(29)27(17(30)26-18)9-15(28)25-14-8-11(20)4-7-13(14)21/h2-8H,9H2,1H3,(H,25,28)(H,26,30). The van der Waals surface area contributed by atoms with E-state index in [1.54, 1.807) is 0 Å². The second-order valence-corrected chi connectivity index (χ2v) is 7.53. The van der Waals surface area contributed by atoms with Gasteiger partial charge < -0.3 is 15.4 Å². The molecule has 164 valence electrons. The fraction of sp³-hybridized carbons (Fsp3) is 0.211. The molecule has 3 rings (SSSR count). The number of rotatable bonds is 5. The summed E-state index contributed by atoms with van der Waals surface area (Å²) in [5.41, 5.74) is -1.17. The molecule has 1 saturated heterocycles. The highest BCUT2D eigenvalue weighted by molar-refractivity contribution is 6.35. The fourth-order valence-corrected chi connectivity index (χ4v) is 3.29. The van der Waals surface area contributed by atoms with Gasteiger partial charge in [-0.2, -0.15) is 0 Å². The molecular weight excluding hydrogens is 462 g/mol. The molecule has 0 aliphatic carbocycles. The Hall–Kier alpha value is -2.98. The van der Waals surface area contributed by atoms with E-state index in [0.29, 0.717) is 9.92 Å². The van der Waals surface area contributed by atoms with E-state index < -0.39 is 42.0 Å². The minimum atomic E-state index is -4.86. The van der Waals surface area contributed by atoms with E-state index in [1.165, 1.54) is 37.3 Å². The zero-order valence-corrected chi connectivity index (χ0v) is 17.2. The van der Waals surface area contributed by atoms with Crippen molar-refractivity contribution in [3.63, 3.8) is 0 Å². The van der Waals surface area contributed by atoms with Crippen molar-refractivity contribution < 1.29 is 32.3 Å². The lowest BCUT2D eigenvalue weighted by molar-refractivity contribution is -0.274. The van der Waals surface area contributed by atoms with Crippen molar-refractivity contribution in [3.8, 4) is 5.75 Å². The Morgan fingerprint density at radius 1 is 1.16 bits per heavy atom. The molecule has 0 aromatic heterocycles. The van der Waals surface area contributed by atoms with Gasteiger partial charge in [0.2, 0.25) is 5.91 Å². The van der Waals surface area contributed by atoms with Crippen molar-refractivity contribution in [2.24, 2.45) is 0 Å². The predicted octanol–water partition coefficient (Wildman–Crippen LogP) is 4.30. The molecule has 31 heavy (non-hydrogen) atoms. The average Bonchev–Trinajstić information content (AvgIpc) is 2.88. The third-order valence-electron chi connectivity index (χ3n) is 4.44. The molecule has 0 bridgehead atoms. The third kappa shape index (κ3) is 5.02. The minimum absolute atomic E-state index is 0.203. The third-order valence-corrected chi connectivity index (χ3v) is 5.01. The highest BCUT2D eigenvalue weighted by atomic mass is 35.5. The molecule has 2 aromatic carbocycles. The topological polar surface area (TPSA) is 87.7 Å². The van der Waals surface area contributed by atoms with Gasteiger partial charge >= 0.3 is 12.4 Å². The number of amides is 4. The average molecular weight is 476 g/mol. The number of carbonyl (C=O) groups is 3. The van der Waals surface area contributed by atoms with Gasteiger partial charge in [0.25, 0.3) is 5.91 Å². The summed E-state index contributed by atoms with van der Waals surface area (Å²) in [4.78, 5) is 38.2. The highest BCUT2D eigenvalue weighted by Crippen LogP contribution is 2.31. The van der Waals surface area contributed by atoms with Crippen LogP contribution in [0.5, 0.6) is 5.75 Å². The second kappa shape index (κ2) is 8.27. The first kappa shape index (κ1) is 22.7. The van der Waals surface area contributed by atoms with Crippen molar-refractivity contribution in [2.45, 2.75) is 18.8 Å². The molecule has 1 atom stereocenters. The van der Waals surface area contributed by atoms with Crippen LogP contribution >= 0.6 is 23.2 Å². The maximum atomic E-state index is 12.9. The smallest absolute Gasteiger partial charge is 0.406 e. The van der Waals surface area contributed by atoms with E-state index in [9.17, 15) is 27.6 Å². The van der Waals surface area contributed by atoms with Crippen LogP contribution in [0.15, 0.2) is 42.5 Å². The van der Waals surface area contributed by atoms with Crippen LogP contribution in [-0.4, -0.2) is 35.7 Å². The van der Waals surface area contributed by atoms with Crippen molar-refractivity contribution >= 4 is 46.7 Å². The van der Waals surface area contributed by atoms with Crippen molar-refractivity contribution in [2.75, 3.05) is 11.9 Å². The number of benzene rings is 2. The van der Waals surface area contributed by atoms with Gasteiger partial charge in [-0.05, 0) is 42.8 Å².